The van der Waals surface area contributed by atoms with Crippen molar-refractivity contribution >= 4 is 132 Å². The second-order valence-electron chi connectivity index (χ2n) is 29.7. The molecule has 0 saturated heterocycles. The van der Waals surface area contributed by atoms with Crippen molar-refractivity contribution in [1.29, 1.82) is 0 Å². The predicted molar refractivity (Wildman–Crippen MR) is 490 cm³/mol. The third-order valence-corrected chi connectivity index (χ3v) is 22.6. The van der Waals surface area contributed by atoms with E-state index in [1.54, 1.807) is 0 Å². The van der Waals surface area contributed by atoms with Gasteiger partial charge in [0.2, 0.25) is 0 Å². The van der Waals surface area contributed by atoms with Crippen molar-refractivity contribution < 1.29 is 4.42 Å². The number of anilines is 6. The van der Waals surface area contributed by atoms with Crippen molar-refractivity contribution in [3.8, 4) is 79.7 Å². The number of rotatable bonds is 14. The van der Waals surface area contributed by atoms with Crippen LogP contribution in [0.3, 0.4) is 0 Å². The highest BCUT2D eigenvalue weighted by atomic mass is 16.3. The van der Waals surface area contributed by atoms with Gasteiger partial charge in [-0.1, -0.05) is 297 Å². The molecule has 0 saturated carbocycles. The Labute approximate surface area is 685 Å². The number of para-hydroxylation sites is 8. The van der Waals surface area contributed by atoms with Crippen molar-refractivity contribution in [2.24, 2.45) is 0 Å². The quantitative estimate of drug-likeness (QED) is 0.0984. The Morgan fingerprint density at radius 1 is 0.185 bits per heavy atom. The Hall–Kier alpha value is -16.2. The summed E-state index contributed by atoms with van der Waals surface area (Å²) in [6.45, 7) is 0. The zero-order valence-electron chi connectivity index (χ0n) is 64.3. The van der Waals surface area contributed by atoms with Crippen LogP contribution >= 0.6 is 0 Å². The van der Waals surface area contributed by atoms with E-state index in [-0.39, 0.29) is 0 Å². The summed E-state index contributed by atoms with van der Waals surface area (Å²) in [5, 5.41) is 13.9. The molecule has 0 aliphatic carbocycles. The fraction of sp³-hybridized carbons (Fsp3) is 0. The summed E-state index contributed by atoms with van der Waals surface area (Å²) in [5.41, 5.74) is 20.2. The van der Waals surface area contributed by atoms with Crippen LogP contribution in [0.4, 0.5) is 34.1 Å². The fourth-order valence-corrected chi connectivity index (χ4v) is 17.2. The lowest BCUT2D eigenvalue weighted by Crippen LogP contribution is -2.09. The number of nitrogens with zero attached hydrogens (tertiary/aromatic N) is 10. The summed E-state index contributed by atoms with van der Waals surface area (Å²) in [5.74, 6) is 3.71. The molecule has 11 nitrogen and oxygen atoms in total. The molecule has 0 aliphatic rings. The third kappa shape index (κ3) is 12.5. The van der Waals surface area contributed by atoms with E-state index in [9.17, 15) is 0 Å². The largest absolute Gasteiger partial charge is 0.453 e. The van der Waals surface area contributed by atoms with Gasteiger partial charge in [0.1, 0.15) is 5.58 Å². The Balaban J connectivity index is 0.000000144. The smallest absolute Gasteiger partial charge is 0.167 e. The van der Waals surface area contributed by atoms with Gasteiger partial charge in [-0.2, -0.15) is 0 Å². The Morgan fingerprint density at radius 3 is 0.966 bits per heavy atom. The Bertz CT molecular complexity index is 7560. The van der Waals surface area contributed by atoms with E-state index < -0.39 is 0 Å². The lowest BCUT2D eigenvalue weighted by atomic mass is 9.93. The minimum Gasteiger partial charge on any atom is -0.453 e. The van der Waals surface area contributed by atoms with E-state index in [2.05, 4.69) is 316 Å². The minimum atomic E-state index is 0.555. The summed E-state index contributed by atoms with van der Waals surface area (Å²) < 4.78 is 11.8. The van der Waals surface area contributed by atoms with Crippen LogP contribution in [0.2, 0.25) is 0 Å². The van der Waals surface area contributed by atoms with Gasteiger partial charge >= 0.3 is 0 Å². The lowest BCUT2D eigenvalue weighted by Gasteiger charge is -2.25. The van der Waals surface area contributed by atoms with Crippen LogP contribution in [0.1, 0.15) is 0 Å². The van der Waals surface area contributed by atoms with Crippen LogP contribution in [-0.4, -0.2) is 39.0 Å². The molecule has 5 aromatic heterocycles. The van der Waals surface area contributed by atoms with Crippen LogP contribution in [0.15, 0.2) is 429 Å². The molecular weight excluding hydrogens is 1450 g/mol. The van der Waals surface area contributed by atoms with Crippen molar-refractivity contribution in [2.75, 3.05) is 9.80 Å². The first-order chi connectivity index (χ1) is 59.0. The first-order valence-corrected chi connectivity index (χ1v) is 40.0. The normalized spacial score (nSPS) is 11.5. The number of hydrogen-bond acceptors (Lipinski definition) is 9. The fourth-order valence-electron chi connectivity index (χ4n) is 17.2. The van der Waals surface area contributed by atoms with E-state index in [1.807, 2.05) is 127 Å². The molecule has 11 heteroatoms. The van der Waals surface area contributed by atoms with Gasteiger partial charge < -0.3 is 23.4 Å². The first kappa shape index (κ1) is 69.5. The van der Waals surface area contributed by atoms with Gasteiger partial charge in [0.15, 0.2) is 40.5 Å². The van der Waals surface area contributed by atoms with Crippen molar-refractivity contribution in [3.63, 3.8) is 0 Å². The second-order valence-corrected chi connectivity index (χ2v) is 29.7. The Kier molecular flexibility index (Phi) is 17.3. The molecule has 5 heterocycles. The number of aromatic nitrogens is 8. The van der Waals surface area contributed by atoms with Crippen LogP contribution < -0.4 is 9.80 Å². The maximum absolute atomic E-state index is 7.03. The van der Waals surface area contributed by atoms with E-state index in [4.69, 9.17) is 34.3 Å². The predicted octanol–water partition coefficient (Wildman–Crippen LogP) is 28.2. The molecule has 558 valence electrons. The van der Waals surface area contributed by atoms with Gasteiger partial charge in [0.05, 0.1) is 33.3 Å². The molecular formula is C108H70N10O. The molecule has 119 heavy (non-hydrogen) atoms. The van der Waals surface area contributed by atoms with Crippen LogP contribution in [0.5, 0.6) is 0 Å². The molecule has 23 aromatic rings. The van der Waals surface area contributed by atoms with Gasteiger partial charge in [0.25, 0.3) is 0 Å². The lowest BCUT2D eigenvalue weighted by molar-refractivity contribution is 0.667. The van der Waals surface area contributed by atoms with Crippen LogP contribution in [0, 0.1) is 0 Å². The van der Waals surface area contributed by atoms with E-state index >= 15 is 0 Å². The molecule has 0 radical (unpaired) electrons. The maximum Gasteiger partial charge on any atom is 0.167 e. The minimum absolute atomic E-state index is 0.555. The zero-order chi connectivity index (χ0) is 78.7. The average molecular weight is 1520 g/mol. The summed E-state index contributed by atoms with van der Waals surface area (Å²) in [4.78, 5) is 34.7. The monoisotopic (exact) mass is 1520 g/mol. The topological polar surface area (TPSA) is 107 Å². The van der Waals surface area contributed by atoms with Crippen LogP contribution in [0.25, 0.3) is 178 Å². The highest BCUT2D eigenvalue weighted by molar-refractivity contribution is 6.26. The Morgan fingerprint density at radius 2 is 0.513 bits per heavy atom. The van der Waals surface area contributed by atoms with E-state index in [1.165, 1.54) is 43.2 Å². The van der Waals surface area contributed by atoms with Crippen molar-refractivity contribution in [2.45, 2.75) is 0 Å². The van der Waals surface area contributed by atoms with Gasteiger partial charge in [0, 0.05) is 99.9 Å². The summed E-state index contributed by atoms with van der Waals surface area (Å²) in [7, 11) is 0. The van der Waals surface area contributed by atoms with Gasteiger partial charge in [-0.15, -0.1) is 0 Å². The number of fused-ring (bicyclic) bond motifs is 15. The van der Waals surface area contributed by atoms with Gasteiger partial charge in [-0.25, -0.2) is 29.9 Å². The standard InChI is InChI=1S/C57H37N5.C51H33N5O/c1-5-17-38(18-6-1)55-58-56(39-19-7-2-8-20-39)60-57(59-55)40-29-32-47-48-33-30-44(36-51(48)46-26-14-13-25-45(46)50(47)35-40)62-53-28-16-15-27-49(53)52-37-43(31-34-54(52)62)61(41-21-9-3-10-22-41)42-23-11-4-12-24-42;1-5-17-34(18-6-1)49-52-50(35-19-7-2-8-20-35)54-51(53-49)42-28-15-26-40-41-27-16-30-46(48(41)57-47(40)42)56-44-29-14-13-25-39(44)43-33-38(31-32-45(43)56)55(36-21-9-3-10-22-36)37-23-11-4-12-24-37/h1-37H;1-33H. The van der Waals surface area contributed by atoms with Crippen molar-refractivity contribution in [3.05, 3.63) is 425 Å². The molecule has 0 atom stereocenters. The highest BCUT2D eigenvalue weighted by Gasteiger charge is 2.25. The average Bonchev–Trinajstić information content (AvgIpc) is 1.70. The maximum atomic E-state index is 7.03. The highest BCUT2D eigenvalue weighted by Crippen LogP contribution is 2.47. The molecule has 18 aromatic carbocycles. The summed E-state index contributed by atoms with van der Waals surface area (Å²) in [6.07, 6.45) is 0. The SMILES string of the molecule is c1ccc(-c2nc(-c3ccccc3)nc(-c3ccc4c5ccc(-n6c7ccccc7c7cc(N(c8ccccc8)c8ccccc8)ccc76)cc5c5ccccc5c4c3)n2)cc1.c1ccc(-c2nc(-c3ccccc3)nc(-c3cccc4c3oc3c(-n5c6ccccc6c6cc(N(c7ccccc7)c7ccccc7)ccc65)cccc34)n2)cc1. The zero-order valence-corrected chi connectivity index (χ0v) is 64.3. The number of benzene rings is 18. The first-order valence-electron chi connectivity index (χ1n) is 40.0. The van der Waals surface area contributed by atoms with Gasteiger partial charge in [-0.05, 0) is 160 Å². The molecule has 0 bridgehead atoms. The van der Waals surface area contributed by atoms with Crippen molar-refractivity contribution in [1.82, 2.24) is 39.0 Å². The molecule has 0 amide bonds. The molecule has 0 spiro atoms. The summed E-state index contributed by atoms with van der Waals surface area (Å²) in [6, 6.07) is 149. The molecule has 0 N–H and O–H groups in total. The van der Waals surface area contributed by atoms with Crippen LogP contribution in [-0.2, 0) is 0 Å². The molecule has 0 aliphatic heterocycles. The van der Waals surface area contributed by atoms with Gasteiger partial charge in [-0.3, -0.25) is 0 Å². The molecule has 0 unspecified atom stereocenters. The second kappa shape index (κ2) is 29.6. The third-order valence-electron chi connectivity index (χ3n) is 22.6. The molecule has 23 rings (SSSR count). The van der Waals surface area contributed by atoms with E-state index in [0.717, 1.165) is 134 Å². The number of hydrogen-bond donors (Lipinski definition) is 0. The van der Waals surface area contributed by atoms with E-state index in [0.29, 0.717) is 34.9 Å². The number of furan rings is 1. The summed E-state index contributed by atoms with van der Waals surface area (Å²) >= 11 is 0. The molecule has 0 fully saturated rings.